The van der Waals surface area contributed by atoms with Crippen LogP contribution in [-0.2, 0) is 4.79 Å². The number of thioether (sulfide) groups is 1. The van der Waals surface area contributed by atoms with Crippen LogP contribution in [0.3, 0.4) is 0 Å². The molecule has 0 saturated heterocycles. The van der Waals surface area contributed by atoms with Gasteiger partial charge in [0.15, 0.2) is 5.03 Å². The summed E-state index contributed by atoms with van der Waals surface area (Å²) >= 11 is 1.14. The van der Waals surface area contributed by atoms with Crippen LogP contribution in [0, 0.1) is 22.7 Å². The zero-order valence-electron chi connectivity index (χ0n) is 12.3. The minimum absolute atomic E-state index is 0.0988. The highest BCUT2D eigenvalue weighted by Crippen LogP contribution is 2.20. The molecule has 23 heavy (non-hydrogen) atoms. The van der Waals surface area contributed by atoms with Crippen molar-refractivity contribution in [2.24, 2.45) is 0 Å². The van der Waals surface area contributed by atoms with E-state index >= 15 is 0 Å². The van der Waals surface area contributed by atoms with E-state index < -0.39 is 0 Å². The fraction of sp³-hybridized carbons (Fsp3) is 0.200. The molecule has 0 saturated carbocycles. The molecule has 116 valence electrons. The number of carbonyl (C=O) groups excluding carboxylic acids is 1. The van der Waals surface area contributed by atoms with Gasteiger partial charge in [-0.1, -0.05) is 11.8 Å². The van der Waals surface area contributed by atoms with Gasteiger partial charge in [-0.3, -0.25) is 10.5 Å². The second kappa shape index (κ2) is 7.34. The van der Waals surface area contributed by atoms with Crippen molar-refractivity contribution in [2.75, 3.05) is 11.5 Å². The second-order valence-electron chi connectivity index (χ2n) is 4.66. The second-order valence-corrected chi connectivity index (χ2v) is 5.64. The maximum Gasteiger partial charge on any atom is 0.289 e. The third-order valence-electron chi connectivity index (χ3n) is 3.01. The van der Waals surface area contributed by atoms with Gasteiger partial charge in [-0.15, -0.1) is 0 Å². The Morgan fingerprint density at radius 2 is 2.22 bits per heavy atom. The molecule has 0 radical (unpaired) electrons. The predicted molar refractivity (Wildman–Crippen MR) is 82.8 cm³/mol. The largest absolute Gasteiger partial charge is 0.467 e. The molecule has 0 aromatic carbocycles. The molecule has 0 spiro atoms. The van der Waals surface area contributed by atoms with E-state index in [0.29, 0.717) is 10.8 Å². The lowest BCUT2D eigenvalue weighted by Crippen LogP contribution is -2.28. The predicted octanol–water partition coefficient (Wildman–Crippen LogP) is 1.39. The summed E-state index contributed by atoms with van der Waals surface area (Å²) in [5.41, 5.74) is 6.16. The summed E-state index contributed by atoms with van der Waals surface area (Å²) in [6, 6.07) is 8.56. The van der Waals surface area contributed by atoms with Gasteiger partial charge in [-0.25, -0.2) is 4.98 Å². The van der Waals surface area contributed by atoms with Crippen molar-refractivity contribution in [3.05, 3.63) is 41.3 Å². The number of carbonyl (C=O) groups is 1. The van der Waals surface area contributed by atoms with Crippen molar-refractivity contribution in [2.45, 2.75) is 18.0 Å². The van der Waals surface area contributed by atoms with Crippen molar-refractivity contribution in [3.8, 4) is 12.1 Å². The van der Waals surface area contributed by atoms with Gasteiger partial charge in [-0.2, -0.15) is 10.5 Å². The van der Waals surface area contributed by atoms with E-state index in [0.717, 1.165) is 11.8 Å². The van der Waals surface area contributed by atoms with E-state index in [1.54, 1.807) is 18.4 Å². The minimum Gasteiger partial charge on any atom is -0.467 e. The molecule has 1 amide bonds. The van der Waals surface area contributed by atoms with Crippen molar-refractivity contribution in [1.29, 1.82) is 10.5 Å². The molecule has 0 aliphatic carbocycles. The Bertz CT molecular complexity index is 789. The number of amides is 1. The molecule has 2 rings (SSSR count). The Hall–Kier alpha value is -2.97. The highest BCUT2D eigenvalue weighted by Gasteiger charge is 2.17. The summed E-state index contributed by atoms with van der Waals surface area (Å²) in [7, 11) is 0. The Labute approximate surface area is 137 Å². The summed E-state index contributed by atoms with van der Waals surface area (Å²) in [6.45, 7) is 1.81. The topological polar surface area (TPSA) is 130 Å². The summed E-state index contributed by atoms with van der Waals surface area (Å²) in [5, 5.41) is 21.3. The number of rotatable bonds is 5. The van der Waals surface area contributed by atoms with Crippen LogP contribution in [0.1, 0.15) is 29.9 Å². The maximum atomic E-state index is 12.0. The molecule has 0 aliphatic heterocycles. The molecule has 2 heterocycles. The van der Waals surface area contributed by atoms with Gasteiger partial charge < -0.3 is 9.73 Å². The van der Waals surface area contributed by atoms with Crippen molar-refractivity contribution >= 4 is 23.5 Å². The molecular formula is C15H14N5O2S+. The lowest BCUT2D eigenvalue weighted by molar-refractivity contribution is -0.410. The van der Waals surface area contributed by atoms with E-state index in [1.165, 1.54) is 6.07 Å². The number of hydrogen-bond donors (Lipinski definition) is 2. The average Bonchev–Trinajstić information content (AvgIpc) is 3.07. The molecule has 0 unspecified atom stereocenters. The van der Waals surface area contributed by atoms with Crippen LogP contribution in [0.2, 0.25) is 0 Å². The molecule has 1 atom stereocenters. The number of nitriles is 2. The summed E-state index contributed by atoms with van der Waals surface area (Å²) in [6.07, 6.45) is 1.54. The van der Waals surface area contributed by atoms with E-state index in [4.69, 9.17) is 20.7 Å². The molecule has 2 aromatic rings. The third kappa shape index (κ3) is 4.02. The smallest absolute Gasteiger partial charge is 0.289 e. The Morgan fingerprint density at radius 3 is 2.83 bits per heavy atom. The first-order chi connectivity index (χ1) is 11.0. The van der Waals surface area contributed by atoms with Gasteiger partial charge in [0.1, 0.15) is 29.0 Å². The minimum atomic E-state index is -0.247. The van der Waals surface area contributed by atoms with Crippen LogP contribution < -0.4 is 16.0 Å². The van der Waals surface area contributed by atoms with Gasteiger partial charge in [0.2, 0.25) is 5.91 Å². The van der Waals surface area contributed by atoms with Crippen LogP contribution in [0.15, 0.2) is 33.9 Å². The van der Waals surface area contributed by atoms with Gasteiger partial charge in [-0.05, 0) is 25.1 Å². The number of hydrogen-bond acceptors (Lipinski definition) is 6. The standard InChI is InChI=1S/C15H13N5O2S/c1-9(12-3-2-4-22-12)19-13(21)8-23-15-11(7-17)5-10(6-16)14(18)20-15/h2-5,9H,8H2,1H3,(H2,18,20)(H,19,21)/p+1/t9-/m1/s1. The van der Waals surface area contributed by atoms with Crippen LogP contribution >= 0.6 is 11.8 Å². The number of furan rings is 1. The lowest BCUT2D eigenvalue weighted by atomic mass is 10.2. The zero-order valence-corrected chi connectivity index (χ0v) is 13.1. The van der Waals surface area contributed by atoms with E-state index in [1.807, 2.05) is 19.1 Å². The Balaban J connectivity index is 2.01. The average molecular weight is 328 g/mol. The summed E-state index contributed by atoms with van der Waals surface area (Å²) in [4.78, 5) is 14.8. The number of pyridine rings is 1. The number of H-pyrrole nitrogens is 1. The van der Waals surface area contributed by atoms with Crippen LogP contribution in [0.4, 0.5) is 5.82 Å². The van der Waals surface area contributed by atoms with Crippen molar-refractivity contribution in [3.63, 3.8) is 0 Å². The first kappa shape index (κ1) is 16.4. The molecule has 2 aromatic heterocycles. The number of anilines is 1. The first-order valence-corrected chi connectivity index (χ1v) is 7.65. The van der Waals surface area contributed by atoms with E-state index in [-0.39, 0.29) is 34.6 Å². The third-order valence-corrected chi connectivity index (χ3v) is 4.02. The van der Waals surface area contributed by atoms with E-state index in [2.05, 4.69) is 10.3 Å². The lowest BCUT2D eigenvalue weighted by Gasteiger charge is -2.10. The van der Waals surface area contributed by atoms with Crippen molar-refractivity contribution < 1.29 is 14.2 Å². The highest BCUT2D eigenvalue weighted by molar-refractivity contribution is 7.99. The zero-order chi connectivity index (χ0) is 16.8. The van der Waals surface area contributed by atoms with E-state index in [9.17, 15) is 4.79 Å². The molecule has 8 heteroatoms. The Kier molecular flexibility index (Phi) is 5.23. The number of nitrogens with two attached hydrogens (primary N) is 1. The van der Waals surface area contributed by atoms with Crippen LogP contribution in [-0.4, -0.2) is 11.7 Å². The molecule has 0 fully saturated rings. The summed E-state index contributed by atoms with van der Waals surface area (Å²) in [5.74, 6) is 0.717. The fourth-order valence-corrected chi connectivity index (χ4v) is 2.66. The quantitative estimate of drug-likeness (QED) is 0.798. The number of nitrogens with zero attached hydrogens (tertiary/aromatic N) is 2. The highest BCUT2D eigenvalue weighted by atomic mass is 32.2. The summed E-state index contributed by atoms with van der Waals surface area (Å²) < 4.78 is 5.22. The normalized spacial score (nSPS) is 11.3. The molecule has 7 nitrogen and oxygen atoms in total. The van der Waals surface area contributed by atoms with Gasteiger partial charge in [0, 0.05) is 0 Å². The Morgan fingerprint density at radius 1 is 1.48 bits per heavy atom. The molecular weight excluding hydrogens is 314 g/mol. The van der Waals surface area contributed by atoms with Gasteiger partial charge in [0.25, 0.3) is 5.82 Å². The van der Waals surface area contributed by atoms with Gasteiger partial charge in [0.05, 0.1) is 18.1 Å². The number of aromatic amines is 1. The first-order valence-electron chi connectivity index (χ1n) is 6.66. The monoisotopic (exact) mass is 328 g/mol. The van der Waals surface area contributed by atoms with Gasteiger partial charge >= 0.3 is 0 Å². The van der Waals surface area contributed by atoms with Crippen molar-refractivity contribution in [1.82, 2.24) is 5.32 Å². The van der Waals surface area contributed by atoms with Crippen LogP contribution in [0.5, 0.6) is 0 Å². The molecule has 4 N–H and O–H groups in total. The maximum absolute atomic E-state index is 12.0. The SMILES string of the molecule is C[C@@H](NC(=O)CSc1[nH+]c(N)c(C#N)cc1C#N)c1ccco1. The van der Waals surface area contributed by atoms with Crippen LogP contribution in [0.25, 0.3) is 0 Å². The number of nitrogen functional groups attached to an aromatic ring is 1. The number of aromatic nitrogens is 1. The number of nitrogens with one attached hydrogen (secondary N) is 2. The molecule has 0 aliphatic rings. The molecule has 0 bridgehead atoms. The fourth-order valence-electron chi connectivity index (χ4n) is 1.86.